The highest BCUT2D eigenvalue weighted by molar-refractivity contribution is 6.00. The number of hydrogen-bond donors (Lipinski definition) is 1. The van der Waals surface area contributed by atoms with Crippen molar-refractivity contribution in [3.8, 4) is 0 Å². The average Bonchev–Trinajstić information content (AvgIpc) is 3.04. The number of nitrogens with zero attached hydrogens (tertiary/aromatic N) is 3. The SMILES string of the molecule is CCc1cccc2c(/C=N/n3cnc4ccccc4c3=O)c[nH]c12. The molecule has 118 valence electrons. The van der Waals surface area contributed by atoms with E-state index < -0.39 is 0 Å². The molecule has 4 rings (SSSR count). The van der Waals surface area contributed by atoms with Gasteiger partial charge in [-0.3, -0.25) is 4.79 Å². The molecule has 24 heavy (non-hydrogen) atoms. The largest absolute Gasteiger partial charge is 0.360 e. The van der Waals surface area contributed by atoms with Gasteiger partial charge in [-0.15, -0.1) is 0 Å². The zero-order valence-electron chi connectivity index (χ0n) is 13.2. The van der Waals surface area contributed by atoms with E-state index in [4.69, 9.17) is 0 Å². The van der Waals surface area contributed by atoms with Gasteiger partial charge in [0, 0.05) is 22.7 Å². The maximum Gasteiger partial charge on any atom is 0.281 e. The lowest BCUT2D eigenvalue weighted by atomic mass is 10.1. The van der Waals surface area contributed by atoms with Crippen LogP contribution in [0.15, 0.2) is 64.9 Å². The van der Waals surface area contributed by atoms with Crippen molar-refractivity contribution >= 4 is 28.0 Å². The molecule has 0 atom stereocenters. The number of hydrogen-bond acceptors (Lipinski definition) is 3. The van der Waals surface area contributed by atoms with E-state index in [1.54, 1.807) is 12.3 Å². The van der Waals surface area contributed by atoms with Crippen LogP contribution in [0.5, 0.6) is 0 Å². The summed E-state index contributed by atoms with van der Waals surface area (Å²) in [6.07, 6.45) is 6.01. The van der Waals surface area contributed by atoms with Crippen molar-refractivity contribution in [3.63, 3.8) is 0 Å². The zero-order valence-corrected chi connectivity index (χ0v) is 13.2. The molecule has 2 aromatic carbocycles. The van der Waals surface area contributed by atoms with Crippen molar-refractivity contribution in [1.29, 1.82) is 0 Å². The first kappa shape index (κ1) is 14.4. The van der Waals surface area contributed by atoms with Gasteiger partial charge < -0.3 is 4.98 Å². The minimum atomic E-state index is -0.175. The number of nitrogens with one attached hydrogen (secondary N) is 1. The van der Waals surface area contributed by atoms with Crippen LogP contribution in [-0.2, 0) is 6.42 Å². The van der Waals surface area contributed by atoms with Gasteiger partial charge in [0.05, 0.1) is 17.1 Å². The Morgan fingerprint density at radius 2 is 2.00 bits per heavy atom. The standard InChI is InChI=1S/C19H16N4O/c1-2-13-6-5-8-15-14(10-20-18(13)15)11-22-23-12-21-17-9-4-3-7-16(17)19(23)24/h3-12,20H,2H2,1H3/b22-11+. The van der Waals surface area contributed by atoms with Crippen molar-refractivity contribution in [2.75, 3.05) is 0 Å². The normalized spacial score (nSPS) is 11.7. The van der Waals surface area contributed by atoms with Crippen molar-refractivity contribution in [2.45, 2.75) is 13.3 Å². The van der Waals surface area contributed by atoms with Crippen LogP contribution in [0.3, 0.4) is 0 Å². The van der Waals surface area contributed by atoms with Gasteiger partial charge in [-0.2, -0.15) is 9.78 Å². The molecule has 0 fully saturated rings. The Hall–Kier alpha value is -3.21. The summed E-state index contributed by atoms with van der Waals surface area (Å²) >= 11 is 0. The molecule has 0 saturated heterocycles. The first-order valence-electron chi connectivity index (χ1n) is 7.87. The minimum absolute atomic E-state index is 0.175. The number of para-hydroxylation sites is 2. The molecule has 0 aliphatic heterocycles. The molecule has 4 aromatic rings. The highest BCUT2D eigenvalue weighted by Gasteiger charge is 2.05. The van der Waals surface area contributed by atoms with E-state index in [1.165, 1.54) is 16.6 Å². The quantitative estimate of drug-likeness (QED) is 0.589. The number of aryl methyl sites for hydroxylation is 1. The molecule has 1 N–H and O–H groups in total. The Morgan fingerprint density at radius 3 is 2.88 bits per heavy atom. The first-order valence-corrected chi connectivity index (χ1v) is 7.87. The molecule has 0 unspecified atom stereocenters. The molecular weight excluding hydrogens is 300 g/mol. The van der Waals surface area contributed by atoms with Crippen LogP contribution in [-0.4, -0.2) is 20.9 Å². The zero-order chi connectivity index (χ0) is 16.5. The van der Waals surface area contributed by atoms with Gasteiger partial charge in [-0.25, -0.2) is 4.98 Å². The van der Waals surface area contributed by atoms with Gasteiger partial charge in [0.15, 0.2) is 0 Å². The van der Waals surface area contributed by atoms with Crippen LogP contribution in [0, 0.1) is 0 Å². The van der Waals surface area contributed by atoms with Crippen molar-refractivity contribution in [3.05, 3.63) is 76.5 Å². The van der Waals surface area contributed by atoms with Crippen molar-refractivity contribution < 1.29 is 0 Å². The number of aromatic nitrogens is 3. The molecule has 0 aliphatic rings. The Bertz CT molecular complexity index is 1120. The lowest BCUT2D eigenvalue weighted by Crippen LogP contribution is -2.16. The third kappa shape index (κ3) is 2.31. The topological polar surface area (TPSA) is 63.0 Å². The van der Waals surface area contributed by atoms with Gasteiger partial charge in [-0.1, -0.05) is 37.3 Å². The lowest BCUT2D eigenvalue weighted by molar-refractivity contribution is 0.817. The van der Waals surface area contributed by atoms with Crippen molar-refractivity contribution in [2.24, 2.45) is 5.10 Å². The summed E-state index contributed by atoms with van der Waals surface area (Å²) in [6, 6.07) is 13.5. The highest BCUT2D eigenvalue weighted by atomic mass is 16.1. The number of benzene rings is 2. The van der Waals surface area contributed by atoms with Gasteiger partial charge >= 0.3 is 0 Å². The van der Waals surface area contributed by atoms with Crippen LogP contribution in [0.1, 0.15) is 18.1 Å². The van der Waals surface area contributed by atoms with E-state index in [2.05, 4.69) is 28.1 Å². The molecule has 5 nitrogen and oxygen atoms in total. The second-order valence-electron chi connectivity index (χ2n) is 5.59. The van der Waals surface area contributed by atoms with E-state index in [9.17, 15) is 4.79 Å². The summed E-state index contributed by atoms with van der Waals surface area (Å²) < 4.78 is 1.27. The first-order chi connectivity index (χ1) is 11.8. The van der Waals surface area contributed by atoms with Crippen molar-refractivity contribution in [1.82, 2.24) is 14.6 Å². The van der Waals surface area contributed by atoms with Crippen LogP contribution in [0.4, 0.5) is 0 Å². The third-order valence-corrected chi connectivity index (χ3v) is 4.18. The number of aromatic amines is 1. The fraction of sp³-hybridized carbons (Fsp3) is 0.105. The fourth-order valence-electron chi connectivity index (χ4n) is 2.91. The smallest absolute Gasteiger partial charge is 0.281 e. The van der Waals surface area contributed by atoms with E-state index in [0.717, 1.165) is 22.9 Å². The van der Waals surface area contributed by atoms with Gasteiger partial charge in [0.1, 0.15) is 6.33 Å². The Balaban J connectivity index is 1.79. The molecule has 2 aromatic heterocycles. The monoisotopic (exact) mass is 316 g/mol. The second kappa shape index (κ2) is 5.77. The number of fused-ring (bicyclic) bond motifs is 2. The molecule has 0 aliphatic carbocycles. The molecular formula is C19H16N4O. The lowest BCUT2D eigenvalue weighted by Gasteiger charge is -2.00. The molecule has 0 bridgehead atoms. The molecule has 0 amide bonds. The average molecular weight is 316 g/mol. The Labute approximate surface area is 138 Å². The molecule has 0 radical (unpaired) electrons. The van der Waals surface area contributed by atoms with Gasteiger partial charge in [-0.05, 0) is 24.1 Å². The number of H-pyrrole nitrogens is 1. The molecule has 0 saturated carbocycles. The molecule has 5 heteroatoms. The predicted octanol–water partition coefficient (Wildman–Crippen LogP) is 3.32. The van der Waals surface area contributed by atoms with Crippen LogP contribution < -0.4 is 5.56 Å². The summed E-state index contributed by atoms with van der Waals surface area (Å²) in [5, 5.41) is 5.96. The number of rotatable bonds is 3. The fourth-order valence-corrected chi connectivity index (χ4v) is 2.91. The van der Waals surface area contributed by atoms with Gasteiger partial charge in [0.2, 0.25) is 0 Å². The van der Waals surface area contributed by atoms with Crippen LogP contribution in [0.2, 0.25) is 0 Å². The summed E-state index contributed by atoms with van der Waals surface area (Å²) in [5.41, 5.74) is 3.82. The Kier molecular flexibility index (Phi) is 3.46. The summed E-state index contributed by atoms with van der Waals surface area (Å²) in [4.78, 5) is 20.0. The maximum absolute atomic E-state index is 12.5. The highest BCUT2D eigenvalue weighted by Crippen LogP contribution is 2.21. The molecule has 0 spiro atoms. The van der Waals surface area contributed by atoms with E-state index in [1.807, 2.05) is 36.5 Å². The summed E-state index contributed by atoms with van der Waals surface area (Å²) in [5.74, 6) is 0. The minimum Gasteiger partial charge on any atom is -0.360 e. The van der Waals surface area contributed by atoms with Crippen LogP contribution in [0.25, 0.3) is 21.8 Å². The van der Waals surface area contributed by atoms with E-state index in [0.29, 0.717) is 10.9 Å². The molecule has 2 heterocycles. The van der Waals surface area contributed by atoms with Crippen LogP contribution >= 0.6 is 0 Å². The third-order valence-electron chi connectivity index (χ3n) is 4.18. The second-order valence-corrected chi connectivity index (χ2v) is 5.59. The summed E-state index contributed by atoms with van der Waals surface area (Å²) in [6.45, 7) is 2.13. The van der Waals surface area contributed by atoms with E-state index in [-0.39, 0.29) is 5.56 Å². The predicted molar refractivity (Wildman–Crippen MR) is 96.7 cm³/mol. The maximum atomic E-state index is 12.5. The Morgan fingerprint density at radius 1 is 1.17 bits per heavy atom. The van der Waals surface area contributed by atoms with Gasteiger partial charge in [0.25, 0.3) is 5.56 Å². The summed E-state index contributed by atoms with van der Waals surface area (Å²) in [7, 11) is 0. The van der Waals surface area contributed by atoms with E-state index >= 15 is 0 Å².